The fraction of sp³-hybridized carbons (Fsp3) is 0.761. The number of likely N-dealkylation sites (N-methyl/N-ethyl adjacent to an activating group) is 1. The van der Waals surface area contributed by atoms with Gasteiger partial charge in [-0.25, -0.2) is 4.57 Å². The molecule has 0 aliphatic carbocycles. The summed E-state index contributed by atoms with van der Waals surface area (Å²) in [6.07, 6.45) is 45.2. The number of unbranched alkanes of at least 4 members (excludes halogenated alkanes) is 17. The number of hydrogen-bond acceptors (Lipinski definition) is 7. The molecule has 3 atom stereocenters. The first-order chi connectivity index (χ1) is 27.0. The molecule has 0 spiro atoms. The Balaban J connectivity index is 4.50. The van der Waals surface area contributed by atoms with Crippen LogP contribution in [0.3, 0.4) is 0 Å². The lowest BCUT2D eigenvalue weighted by atomic mass is 10.0. The lowest BCUT2D eigenvalue weighted by Crippen LogP contribution is -2.37. The molecule has 0 aliphatic heterocycles. The van der Waals surface area contributed by atoms with Gasteiger partial charge in [0.15, 0.2) is 6.10 Å². The molecule has 0 saturated carbocycles. The van der Waals surface area contributed by atoms with Gasteiger partial charge in [0.05, 0.1) is 40.1 Å². The van der Waals surface area contributed by atoms with Gasteiger partial charge in [-0.3, -0.25) is 13.8 Å². The SMILES string of the molecule is CCCCC/C=C\C/C=C\C/C=C\C=C\[C@H](O)CCCC(=O)O[C@H](CO/C=C/CCCCCCCCCCCCCCCC)COP(=O)(O)OCC[N+](C)(C)C. The van der Waals surface area contributed by atoms with Crippen molar-refractivity contribution in [1.82, 2.24) is 0 Å². The van der Waals surface area contributed by atoms with Crippen LogP contribution in [0.15, 0.2) is 60.9 Å². The van der Waals surface area contributed by atoms with Crippen molar-refractivity contribution in [3.8, 4) is 0 Å². The number of ether oxygens (including phenoxy) is 2. The second-order valence-electron chi connectivity index (χ2n) is 16.0. The molecular formula is C46H85NO8P+. The number of allylic oxidation sites excluding steroid dienone is 8. The topological polar surface area (TPSA) is 112 Å². The highest BCUT2D eigenvalue weighted by atomic mass is 31.2. The number of phosphoric acid groups is 1. The van der Waals surface area contributed by atoms with Gasteiger partial charge in [0.1, 0.15) is 19.8 Å². The van der Waals surface area contributed by atoms with Crippen molar-refractivity contribution in [3.63, 3.8) is 0 Å². The number of carbonyl (C=O) groups excluding carboxylic acids is 1. The van der Waals surface area contributed by atoms with Crippen molar-refractivity contribution in [1.29, 1.82) is 0 Å². The summed E-state index contributed by atoms with van der Waals surface area (Å²) in [5, 5.41) is 10.3. The van der Waals surface area contributed by atoms with Gasteiger partial charge in [-0.15, -0.1) is 0 Å². The molecule has 0 bridgehead atoms. The summed E-state index contributed by atoms with van der Waals surface area (Å²) >= 11 is 0. The van der Waals surface area contributed by atoms with Crippen LogP contribution in [0.25, 0.3) is 0 Å². The zero-order valence-electron chi connectivity index (χ0n) is 36.5. The number of phosphoric ester groups is 1. The maximum absolute atomic E-state index is 12.7. The van der Waals surface area contributed by atoms with E-state index in [4.69, 9.17) is 18.5 Å². The molecular weight excluding hydrogens is 725 g/mol. The minimum absolute atomic E-state index is 0.0253. The van der Waals surface area contributed by atoms with Crippen LogP contribution in [0, 0.1) is 0 Å². The fourth-order valence-electron chi connectivity index (χ4n) is 5.74. The highest BCUT2D eigenvalue weighted by molar-refractivity contribution is 7.47. The van der Waals surface area contributed by atoms with E-state index in [0.717, 1.165) is 32.1 Å². The number of esters is 1. The second kappa shape index (κ2) is 38.5. The number of quaternary nitrogens is 1. The molecule has 1 unspecified atom stereocenters. The summed E-state index contributed by atoms with van der Waals surface area (Å²) in [5.74, 6) is -0.494. The van der Waals surface area contributed by atoms with E-state index in [2.05, 4.69) is 38.2 Å². The molecule has 0 fully saturated rings. The predicted octanol–water partition coefficient (Wildman–Crippen LogP) is 12.3. The quantitative estimate of drug-likeness (QED) is 0.0120. The number of hydrogen-bond donors (Lipinski definition) is 2. The first-order valence-electron chi connectivity index (χ1n) is 22.2. The number of aliphatic hydroxyl groups excluding tert-OH is 1. The van der Waals surface area contributed by atoms with Gasteiger partial charge in [-0.05, 0) is 57.4 Å². The Morgan fingerprint density at radius 3 is 1.82 bits per heavy atom. The third-order valence-electron chi connectivity index (χ3n) is 9.25. The summed E-state index contributed by atoms with van der Waals surface area (Å²) in [6, 6.07) is 0. The van der Waals surface area contributed by atoms with E-state index in [1.54, 1.807) is 12.3 Å². The van der Waals surface area contributed by atoms with Gasteiger partial charge in [0, 0.05) is 6.42 Å². The maximum Gasteiger partial charge on any atom is 0.472 e. The molecule has 0 heterocycles. The van der Waals surface area contributed by atoms with Crippen molar-refractivity contribution in [2.24, 2.45) is 0 Å². The van der Waals surface area contributed by atoms with Gasteiger partial charge >= 0.3 is 13.8 Å². The molecule has 56 heavy (non-hydrogen) atoms. The zero-order chi connectivity index (χ0) is 41.4. The molecule has 0 saturated heterocycles. The standard InChI is InChI=1S/C46H84NO8P/c1-6-8-10-12-14-16-18-20-21-22-24-26-28-30-32-34-40-52-42-45(43-54-56(50,51)53-41-39-47(3,4)5)55-46(49)38-35-37-44(48)36-33-31-29-27-25-23-19-17-15-13-11-9-7-2/h15,17,23,25,29,31,33-34,36,40,44-45,48H,6-14,16,18-22,24,26-28,30,32,35,37-39,41-43H2,1-5H3/p+1/b17-15-,25-23-,31-29-,36-33+,40-34+/t44-,45+/m0/s1. The number of nitrogens with zero attached hydrogens (tertiary/aromatic N) is 1. The molecule has 326 valence electrons. The third-order valence-corrected chi connectivity index (χ3v) is 10.2. The van der Waals surface area contributed by atoms with Gasteiger partial charge in [-0.1, -0.05) is 159 Å². The lowest BCUT2D eigenvalue weighted by Gasteiger charge is -2.24. The van der Waals surface area contributed by atoms with E-state index in [1.165, 1.54) is 103 Å². The molecule has 0 aliphatic rings. The molecule has 0 rings (SSSR count). The normalized spacial score (nSPS) is 14.8. The number of carbonyl (C=O) groups is 1. The van der Waals surface area contributed by atoms with E-state index >= 15 is 0 Å². The second-order valence-corrected chi connectivity index (χ2v) is 17.4. The highest BCUT2D eigenvalue weighted by Gasteiger charge is 2.26. The van der Waals surface area contributed by atoms with Crippen LogP contribution in [-0.2, 0) is 27.9 Å². The average Bonchev–Trinajstić information content (AvgIpc) is 3.14. The molecule has 0 aromatic rings. The molecule has 9 nitrogen and oxygen atoms in total. The fourth-order valence-corrected chi connectivity index (χ4v) is 6.48. The van der Waals surface area contributed by atoms with Gasteiger partial charge < -0.3 is 24.0 Å². The molecule has 2 N–H and O–H groups in total. The monoisotopic (exact) mass is 811 g/mol. The molecule has 10 heteroatoms. The van der Waals surface area contributed by atoms with E-state index in [-0.39, 0.29) is 26.2 Å². The summed E-state index contributed by atoms with van der Waals surface area (Å²) in [6.45, 7) is 4.67. The molecule has 0 aromatic carbocycles. The van der Waals surface area contributed by atoms with Crippen molar-refractivity contribution < 1.29 is 42.4 Å². The zero-order valence-corrected chi connectivity index (χ0v) is 37.4. The smallest absolute Gasteiger partial charge is 0.472 e. The summed E-state index contributed by atoms with van der Waals surface area (Å²) < 4.78 is 34.6. The molecule has 0 amide bonds. The predicted molar refractivity (Wildman–Crippen MR) is 234 cm³/mol. The summed E-state index contributed by atoms with van der Waals surface area (Å²) in [5.41, 5.74) is 0. The first kappa shape index (κ1) is 54.0. The van der Waals surface area contributed by atoms with E-state index in [0.29, 0.717) is 23.9 Å². The largest absolute Gasteiger partial charge is 0.498 e. The van der Waals surface area contributed by atoms with Crippen LogP contribution in [0.5, 0.6) is 0 Å². The van der Waals surface area contributed by atoms with E-state index in [1.807, 2.05) is 45.4 Å². The summed E-state index contributed by atoms with van der Waals surface area (Å²) in [7, 11) is 1.51. The lowest BCUT2D eigenvalue weighted by molar-refractivity contribution is -0.870. The van der Waals surface area contributed by atoms with Crippen molar-refractivity contribution in [3.05, 3.63) is 60.9 Å². The Kier molecular flexibility index (Phi) is 37.1. The van der Waals surface area contributed by atoms with Crippen LogP contribution in [0.4, 0.5) is 0 Å². The van der Waals surface area contributed by atoms with Crippen LogP contribution >= 0.6 is 7.82 Å². The van der Waals surface area contributed by atoms with Crippen LogP contribution in [0.2, 0.25) is 0 Å². The number of aliphatic hydroxyl groups is 1. The van der Waals surface area contributed by atoms with Crippen molar-refractivity contribution in [2.45, 2.75) is 180 Å². The van der Waals surface area contributed by atoms with Crippen molar-refractivity contribution in [2.75, 3.05) is 47.5 Å². The van der Waals surface area contributed by atoms with Gasteiger partial charge in [-0.2, -0.15) is 0 Å². The van der Waals surface area contributed by atoms with Crippen LogP contribution in [-0.4, -0.2) is 80.2 Å². The molecule has 0 radical (unpaired) electrons. The first-order valence-corrected chi connectivity index (χ1v) is 23.7. The maximum atomic E-state index is 12.7. The van der Waals surface area contributed by atoms with Crippen LogP contribution in [0.1, 0.15) is 168 Å². The highest BCUT2D eigenvalue weighted by Crippen LogP contribution is 2.43. The minimum atomic E-state index is -4.35. The van der Waals surface area contributed by atoms with E-state index < -0.39 is 26.0 Å². The Labute approximate surface area is 343 Å². The summed E-state index contributed by atoms with van der Waals surface area (Å²) in [4.78, 5) is 22.9. The third kappa shape index (κ3) is 41.6. The minimum Gasteiger partial charge on any atom is -0.498 e. The number of rotatable bonds is 40. The Bertz CT molecular complexity index is 1100. The average molecular weight is 811 g/mol. The Hall–Kier alpha value is -2.00. The Morgan fingerprint density at radius 2 is 1.20 bits per heavy atom. The van der Waals surface area contributed by atoms with Crippen molar-refractivity contribution >= 4 is 13.8 Å². The van der Waals surface area contributed by atoms with Gasteiger partial charge in [0.2, 0.25) is 0 Å². The molecule has 0 aromatic heterocycles. The Morgan fingerprint density at radius 1 is 0.661 bits per heavy atom. The van der Waals surface area contributed by atoms with E-state index in [9.17, 15) is 19.4 Å². The van der Waals surface area contributed by atoms with Crippen LogP contribution < -0.4 is 0 Å². The van der Waals surface area contributed by atoms with Gasteiger partial charge in [0.25, 0.3) is 0 Å².